The molecule has 3 N–H and O–H groups in total. The topological polar surface area (TPSA) is 128 Å². The van der Waals surface area contributed by atoms with Crippen LogP contribution in [0.3, 0.4) is 0 Å². The van der Waals surface area contributed by atoms with Crippen LogP contribution in [0.25, 0.3) is 0 Å². The SMILES string of the molecule is CC/C=C\C/C=C\C/C=C\C/C=C\CCCCCCC(=O)NC(COP(=O)([O-])OCC[N+](C)(C)C)C(O)C(O)CCCCCCCCCCCCCC. The van der Waals surface area contributed by atoms with E-state index in [9.17, 15) is 24.5 Å². The van der Waals surface area contributed by atoms with Crippen molar-refractivity contribution in [3.05, 3.63) is 48.6 Å². The van der Waals surface area contributed by atoms with Crippen LogP contribution in [0, 0.1) is 0 Å². The second-order valence-corrected chi connectivity index (χ2v) is 16.9. The Hall–Kier alpha value is -1.58. The summed E-state index contributed by atoms with van der Waals surface area (Å²) in [5.74, 6) is -0.305. The summed E-state index contributed by atoms with van der Waals surface area (Å²) in [7, 11) is 1.10. The van der Waals surface area contributed by atoms with Crippen molar-refractivity contribution in [2.45, 2.75) is 180 Å². The number of carbonyl (C=O) groups is 1. The van der Waals surface area contributed by atoms with Gasteiger partial charge in [0.15, 0.2) is 0 Å². The number of carbonyl (C=O) groups excluding carboxylic acids is 1. The molecule has 53 heavy (non-hydrogen) atoms. The fraction of sp³-hybridized carbons (Fsp3) is 0.791. The minimum atomic E-state index is -4.67. The lowest BCUT2D eigenvalue weighted by Crippen LogP contribution is -2.51. The predicted octanol–water partition coefficient (Wildman–Crippen LogP) is 9.64. The quantitative estimate of drug-likeness (QED) is 0.0249. The first-order chi connectivity index (χ1) is 25.4. The van der Waals surface area contributed by atoms with Gasteiger partial charge in [0.05, 0.1) is 39.9 Å². The highest BCUT2D eigenvalue weighted by Gasteiger charge is 2.29. The van der Waals surface area contributed by atoms with Gasteiger partial charge >= 0.3 is 0 Å². The van der Waals surface area contributed by atoms with Crippen molar-refractivity contribution in [2.75, 3.05) is 40.9 Å². The molecule has 0 aromatic carbocycles. The van der Waals surface area contributed by atoms with Crippen molar-refractivity contribution in [2.24, 2.45) is 0 Å². The van der Waals surface area contributed by atoms with Gasteiger partial charge in [-0.1, -0.05) is 152 Å². The number of hydrogen-bond acceptors (Lipinski definition) is 7. The number of hydrogen-bond donors (Lipinski definition) is 3. The van der Waals surface area contributed by atoms with Crippen molar-refractivity contribution >= 4 is 13.7 Å². The molecule has 9 nitrogen and oxygen atoms in total. The second-order valence-electron chi connectivity index (χ2n) is 15.5. The number of nitrogens with one attached hydrogen (secondary N) is 1. The molecule has 0 radical (unpaired) electrons. The van der Waals surface area contributed by atoms with Gasteiger partial charge < -0.3 is 34.0 Å². The highest BCUT2D eigenvalue weighted by Crippen LogP contribution is 2.38. The molecule has 0 heterocycles. The van der Waals surface area contributed by atoms with Crippen molar-refractivity contribution < 1.29 is 38.0 Å². The molecule has 0 fully saturated rings. The van der Waals surface area contributed by atoms with Crippen LogP contribution < -0.4 is 10.2 Å². The summed E-state index contributed by atoms with van der Waals surface area (Å²) < 4.78 is 23.1. The number of nitrogens with zero attached hydrogens (tertiary/aromatic N) is 1. The van der Waals surface area contributed by atoms with E-state index in [1.54, 1.807) is 0 Å². The van der Waals surface area contributed by atoms with Crippen LogP contribution >= 0.6 is 7.82 Å². The van der Waals surface area contributed by atoms with Gasteiger partial charge in [-0.2, -0.15) is 0 Å². The van der Waals surface area contributed by atoms with E-state index in [4.69, 9.17) is 9.05 Å². The van der Waals surface area contributed by atoms with Crippen molar-refractivity contribution in [3.63, 3.8) is 0 Å². The standard InChI is InChI=1S/C43H81N2O7P/c1-6-8-10-12-14-16-18-20-21-22-23-24-26-28-30-32-34-36-42(47)44-40(39-52-53(49,50)51-38-37-45(3,4)5)43(48)41(46)35-33-31-29-27-25-19-17-15-13-11-9-7-2/h8,10,14,16,20-21,23-24,40-41,43,46,48H,6-7,9,11-13,15,17-19,22,25-39H2,1-5H3,(H-,44,47,49,50)/b10-8-,16-14-,21-20-,24-23-. The monoisotopic (exact) mass is 769 g/mol. The van der Waals surface area contributed by atoms with E-state index in [1.807, 2.05) is 21.1 Å². The third kappa shape index (κ3) is 35.9. The molecule has 0 saturated carbocycles. The molecule has 0 aromatic heterocycles. The zero-order valence-electron chi connectivity index (χ0n) is 34.6. The highest BCUT2D eigenvalue weighted by atomic mass is 31.2. The summed E-state index contributed by atoms with van der Waals surface area (Å²) in [6, 6.07) is -1.09. The van der Waals surface area contributed by atoms with Crippen LogP contribution in [0.5, 0.6) is 0 Å². The van der Waals surface area contributed by atoms with E-state index in [0.29, 0.717) is 23.9 Å². The number of quaternary nitrogens is 1. The Balaban J connectivity index is 4.60. The molecule has 0 aliphatic heterocycles. The fourth-order valence-corrected chi connectivity index (χ4v) is 6.50. The largest absolute Gasteiger partial charge is 0.756 e. The Morgan fingerprint density at radius 3 is 1.74 bits per heavy atom. The molecule has 1 amide bonds. The molecule has 0 aliphatic carbocycles. The third-order valence-corrected chi connectivity index (χ3v) is 10.1. The van der Waals surface area contributed by atoms with E-state index in [2.05, 4.69) is 67.8 Å². The lowest BCUT2D eigenvalue weighted by atomic mass is 9.99. The lowest BCUT2D eigenvalue weighted by molar-refractivity contribution is -0.870. The summed E-state index contributed by atoms with van der Waals surface area (Å²) in [6.07, 6.45) is 38.6. The number of phosphoric acid groups is 1. The van der Waals surface area contributed by atoms with E-state index in [1.165, 1.54) is 51.4 Å². The van der Waals surface area contributed by atoms with E-state index in [0.717, 1.165) is 77.0 Å². The molecule has 4 unspecified atom stereocenters. The van der Waals surface area contributed by atoms with E-state index >= 15 is 0 Å². The molecular formula is C43H81N2O7P. The van der Waals surface area contributed by atoms with Gasteiger partial charge in [0, 0.05) is 6.42 Å². The number of amides is 1. The predicted molar refractivity (Wildman–Crippen MR) is 220 cm³/mol. The maximum atomic E-state index is 12.9. The number of aliphatic hydroxyl groups is 2. The Labute approximate surface area is 325 Å². The van der Waals surface area contributed by atoms with Crippen LogP contribution in [0.4, 0.5) is 0 Å². The van der Waals surface area contributed by atoms with Crippen LogP contribution in [0.1, 0.15) is 162 Å². The molecule has 0 aliphatic rings. The van der Waals surface area contributed by atoms with Crippen molar-refractivity contribution in [3.8, 4) is 0 Å². The number of likely N-dealkylation sites (N-methyl/N-ethyl adjacent to an activating group) is 1. The molecule has 0 aromatic rings. The molecule has 310 valence electrons. The number of phosphoric ester groups is 1. The first-order valence-electron chi connectivity index (χ1n) is 21.1. The molecule has 0 rings (SSSR count). The molecule has 0 spiro atoms. The summed E-state index contributed by atoms with van der Waals surface area (Å²) in [4.78, 5) is 25.3. The van der Waals surface area contributed by atoms with Crippen molar-refractivity contribution in [1.29, 1.82) is 0 Å². The van der Waals surface area contributed by atoms with Gasteiger partial charge in [-0.05, 0) is 51.4 Å². The van der Waals surface area contributed by atoms with Crippen molar-refractivity contribution in [1.82, 2.24) is 5.32 Å². The molecule has 4 atom stereocenters. The Morgan fingerprint density at radius 1 is 0.698 bits per heavy atom. The normalized spacial score (nSPS) is 15.5. The fourth-order valence-electron chi connectivity index (χ4n) is 5.77. The van der Waals surface area contributed by atoms with Gasteiger partial charge in [-0.15, -0.1) is 0 Å². The van der Waals surface area contributed by atoms with Crippen LogP contribution in [0.2, 0.25) is 0 Å². The minimum absolute atomic E-state index is 0.0479. The van der Waals surface area contributed by atoms with Crippen LogP contribution in [0.15, 0.2) is 48.6 Å². The first-order valence-corrected chi connectivity index (χ1v) is 22.5. The Morgan fingerprint density at radius 2 is 1.19 bits per heavy atom. The van der Waals surface area contributed by atoms with E-state index < -0.39 is 32.7 Å². The van der Waals surface area contributed by atoms with E-state index in [-0.39, 0.29) is 18.9 Å². The van der Waals surface area contributed by atoms with Crippen LogP contribution in [-0.2, 0) is 18.4 Å². The second kappa shape index (κ2) is 34.9. The van der Waals surface area contributed by atoms with Gasteiger partial charge in [0.1, 0.15) is 19.3 Å². The Kier molecular flexibility index (Phi) is 33.8. The molecular weight excluding hydrogens is 687 g/mol. The number of rotatable bonds is 37. The number of unbranched alkanes of at least 4 members (excludes halogenated alkanes) is 15. The van der Waals surface area contributed by atoms with Gasteiger partial charge in [0.2, 0.25) is 5.91 Å². The van der Waals surface area contributed by atoms with Gasteiger partial charge in [0.25, 0.3) is 7.82 Å². The summed E-state index contributed by atoms with van der Waals surface area (Å²) in [5.41, 5.74) is 0. The third-order valence-electron chi connectivity index (χ3n) is 9.17. The molecule has 0 saturated heterocycles. The summed E-state index contributed by atoms with van der Waals surface area (Å²) in [6.45, 7) is 4.28. The zero-order chi connectivity index (χ0) is 39.5. The average Bonchev–Trinajstić information content (AvgIpc) is 3.10. The van der Waals surface area contributed by atoms with Crippen LogP contribution in [-0.4, -0.2) is 79.8 Å². The minimum Gasteiger partial charge on any atom is -0.756 e. The number of aliphatic hydroxyl groups excluding tert-OH is 2. The molecule has 0 bridgehead atoms. The molecule has 10 heteroatoms. The maximum absolute atomic E-state index is 12.9. The number of allylic oxidation sites excluding steroid dienone is 8. The zero-order valence-corrected chi connectivity index (χ0v) is 35.5. The maximum Gasteiger partial charge on any atom is 0.268 e. The lowest BCUT2D eigenvalue weighted by Gasteiger charge is -2.31. The Bertz CT molecular complexity index is 1020. The van der Waals surface area contributed by atoms with Gasteiger partial charge in [-0.3, -0.25) is 9.36 Å². The van der Waals surface area contributed by atoms with Gasteiger partial charge in [-0.25, -0.2) is 0 Å². The smallest absolute Gasteiger partial charge is 0.268 e. The summed E-state index contributed by atoms with van der Waals surface area (Å²) in [5, 5.41) is 24.5. The first kappa shape index (κ1) is 51.4. The average molecular weight is 769 g/mol. The highest BCUT2D eigenvalue weighted by molar-refractivity contribution is 7.45. The summed E-state index contributed by atoms with van der Waals surface area (Å²) >= 11 is 0.